The van der Waals surface area contributed by atoms with Gasteiger partial charge in [0.1, 0.15) is 0 Å². The Kier molecular flexibility index (Phi) is 6.48. The number of aliphatic hydroxyl groups is 1. The summed E-state index contributed by atoms with van der Waals surface area (Å²) < 4.78 is 1.84. The molecule has 1 N–H and O–H groups in total. The average molecular weight is 286 g/mol. The molecule has 0 spiro atoms. The minimum absolute atomic E-state index is 0.432. The van der Waals surface area contributed by atoms with Crippen LogP contribution in [-0.4, -0.2) is 14.9 Å². The third-order valence-electron chi connectivity index (χ3n) is 3.85. The van der Waals surface area contributed by atoms with Gasteiger partial charge in [0.2, 0.25) is 0 Å². The van der Waals surface area contributed by atoms with Gasteiger partial charge in [0.15, 0.2) is 0 Å². The Hall–Kier alpha value is -1.61. The zero-order valence-electron chi connectivity index (χ0n) is 12.9. The molecule has 3 nitrogen and oxygen atoms in total. The van der Waals surface area contributed by atoms with E-state index in [0.717, 1.165) is 24.2 Å². The number of aliphatic hydroxyl groups excluding tert-OH is 1. The molecule has 0 amide bonds. The molecule has 0 aliphatic heterocycles. The maximum absolute atomic E-state index is 10.4. The standard InChI is InChI=1S/C18H26N2O/c1-2-3-4-5-6-10-13-18(21)17-14-15-19-20(17)16-11-8-7-9-12-16/h7-9,11-12,14-15,18,21H,2-6,10,13H2,1H3. The molecular formula is C18H26N2O. The lowest BCUT2D eigenvalue weighted by molar-refractivity contribution is 0.155. The number of hydrogen-bond acceptors (Lipinski definition) is 2. The van der Waals surface area contributed by atoms with Crippen molar-refractivity contribution < 1.29 is 5.11 Å². The summed E-state index contributed by atoms with van der Waals surface area (Å²) in [5, 5.41) is 14.7. The van der Waals surface area contributed by atoms with Crippen LogP contribution in [0, 0.1) is 0 Å². The summed E-state index contributed by atoms with van der Waals surface area (Å²) >= 11 is 0. The third-order valence-corrected chi connectivity index (χ3v) is 3.85. The van der Waals surface area contributed by atoms with E-state index in [4.69, 9.17) is 0 Å². The number of benzene rings is 1. The van der Waals surface area contributed by atoms with Crippen LogP contribution in [0.15, 0.2) is 42.6 Å². The monoisotopic (exact) mass is 286 g/mol. The molecule has 0 bridgehead atoms. The Balaban J connectivity index is 1.86. The Bertz CT molecular complexity index is 507. The zero-order valence-corrected chi connectivity index (χ0v) is 12.9. The van der Waals surface area contributed by atoms with Gasteiger partial charge in [-0.05, 0) is 24.6 Å². The van der Waals surface area contributed by atoms with E-state index >= 15 is 0 Å². The van der Waals surface area contributed by atoms with Crippen molar-refractivity contribution in [2.75, 3.05) is 0 Å². The lowest BCUT2D eigenvalue weighted by Crippen LogP contribution is -2.07. The van der Waals surface area contributed by atoms with Crippen LogP contribution in [0.3, 0.4) is 0 Å². The highest BCUT2D eigenvalue weighted by Gasteiger charge is 2.13. The topological polar surface area (TPSA) is 38.1 Å². The average Bonchev–Trinajstić information content (AvgIpc) is 3.01. The van der Waals surface area contributed by atoms with Gasteiger partial charge in [-0.25, -0.2) is 4.68 Å². The van der Waals surface area contributed by atoms with Crippen molar-refractivity contribution in [3.8, 4) is 5.69 Å². The Labute approximate surface area is 127 Å². The molecule has 2 rings (SSSR count). The second-order valence-corrected chi connectivity index (χ2v) is 5.58. The van der Waals surface area contributed by atoms with Crippen LogP contribution in [0.1, 0.15) is 63.7 Å². The van der Waals surface area contributed by atoms with Crippen molar-refractivity contribution in [1.82, 2.24) is 9.78 Å². The maximum Gasteiger partial charge on any atom is 0.0961 e. The van der Waals surface area contributed by atoms with Crippen LogP contribution >= 0.6 is 0 Å². The molecule has 0 saturated heterocycles. The van der Waals surface area contributed by atoms with Gasteiger partial charge >= 0.3 is 0 Å². The number of rotatable bonds is 9. The number of nitrogens with zero attached hydrogens (tertiary/aromatic N) is 2. The summed E-state index contributed by atoms with van der Waals surface area (Å²) in [4.78, 5) is 0. The normalized spacial score (nSPS) is 12.5. The second kappa shape index (κ2) is 8.63. The van der Waals surface area contributed by atoms with Gasteiger partial charge < -0.3 is 5.11 Å². The van der Waals surface area contributed by atoms with Crippen molar-refractivity contribution in [1.29, 1.82) is 0 Å². The minimum Gasteiger partial charge on any atom is -0.387 e. The van der Waals surface area contributed by atoms with E-state index in [1.807, 2.05) is 41.1 Å². The molecule has 1 atom stereocenters. The highest BCUT2D eigenvalue weighted by atomic mass is 16.3. The first-order valence-electron chi connectivity index (χ1n) is 8.10. The summed E-state index contributed by atoms with van der Waals surface area (Å²) in [6.07, 6.45) is 9.60. The number of hydrogen-bond donors (Lipinski definition) is 1. The molecular weight excluding hydrogens is 260 g/mol. The molecule has 0 fully saturated rings. The van der Waals surface area contributed by atoms with Gasteiger partial charge in [-0.15, -0.1) is 0 Å². The van der Waals surface area contributed by atoms with Crippen LogP contribution in [-0.2, 0) is 0 Å². The third kappa shape index (κ3) is 4.71. The molecule has 0 radical (unpaired) electrons. The van der Waals surface area contributed by atoms with Crippen molar-refractivity contribution in [3.63, 3.8) is 0 Å². The summed E-state index contributed by atoms with van der Waals surface area (Å²) in [5.41, 5.74) is 1.88. The van der Waals surface area contributed by atoms with Gasteiger partial charge in [0.05, 0.1) is 17.5 Å². The van der Waals surface area contributed by atoms with Crippen molar-refractivity contribution in [3.05, 3.63) is 48.3 Å². The fraction of sp³-hybridized carbons (Fsp3) is 0.500. The minimum atomic E-state index is -0.432. The number of unbranched alkanes of at least 4 members (excludes halogenated alkanes) is 5. The molecule has 21 heavy (non-hydrogen) atoms. The van der Waals surface area contributed by atoms with E-state index < -0.39 is 6.10 Å². The summed E-state index contributed by atoms with van der Waals surface area (Å²) in [5.74, 6) is 0. The zero-order chi connectivity index (χ0) is 14.9. The summed E-state index contributed by atoms with van der Waals surface area (Å²) in [6.45, 7) is 2.23. The van der Waals surface area contributed by atoms with Gasteiger partial charge in [-0.1, -0.05) is 63.6 Å². The summed E-state index contributed by atoms with van der Waals surface area (Å²) in [7, 11) is 0. The van der Waals surface area contributed by atoms with E-state index in [2.05, 4.69) is 12.0 Å². The van der Waals surface area contributed by atoms with Gasteiger partial charge in [-0.2, -0.15) is 5.10 Å². The van der Waals surface area contributed by atoms with E-state index in [1.165, 1.54) is 32.1 Å². The smallest absolute Gasteiger partial charge is 0.0961 e. The molecule has 1 aromatic carbocycles. The van der Waals surface area contributed by atoms with E-state index in [1.54, 1.807) is 6.20 Å². The highest BCUT2D eigenvalue weighted by Crippen LogP contribution is 2.22. The lowest BCUT2D eigenvalue weighted by atomic mass is 10.1. The van der Waals surface area contributed by atoms with Crippen molar-refractivity contribution >= 4 is 0 Å². The molecule has 0 aliphatic rings. The maximum atomic E-state index is 10.4. The fourth-order valence-electron chi connectivity index (χ4n) is 2.62. The van der Waals surface area contributed by atoms with Gasteiger partial charge in [-0.3, -0.25) is 0 Å². The molecule has 0 aliphatic carbocycles. The molecule has 1 unspecified atom stereocenters. The molecule has 3 heteroatoms. The summed E-state index contributed by atoms with van der Waals surface area (Å²) in [6, 6.07) is 11.9. The molecule has 114 valence electrons. The molecule has 1 heterocycles. The van der Waals surface area contributed by atoms with Crippen LogP contribution in [0.2, 0.25) is 0 Å². The first-order chi connectivity index (χ1) is 10.3. The van der Waals surface area contributed by atoms with E-state index in [9.17, 15) is 5.11 Å². The van der Waals surface area contributed by atoms with Crippen molar-refractivity contribution in [2.24, 2.45) is 0 Å². The predicted molar refractivity (Wildman–Crippen MR) is 86.5 cm³/mol. The van der Waals surface area contributed by atoms with Gasteiger partial charge in [0.25, 0.3) is 0 Å². The van der Waals surface area contributed by atoms with E-state index in [0.29, 0.717) is 0 Å². The van der Waals surface area contributed by atoms with Gasteiger partial charge in [0, 0.05) is 6.20 Å². The van der Waals surface area contributed by atoms with Crippen molar-refractivity contribution in [2.45, 2.75) is 58.0 Å². The largest absolute Gasteiger partial charge is 0.387 e. The first kappa shape index (κ1) is 15.8. The Morgan fingerprint density at radius 3 is 2.48 bits per heavy atom. The first-order valence-corrected chi connectivity index (χ1v) is 8.10. The Morgan fingerprint density at radius 2 is 1.71 bits per heavy atom. The highest BCUT2D eigenvalue weighted by molar-refractivity contribution is 5.32. The quantitative estimate of drug-likeness (QED) is 0.681. The predicted octanol–water partition coefficient (Wildman–Crippen LogP) is 4.66. The van der Waals surface area contributed by atoms with Crippen LogP contribution < -0.4 is 0 Å². The van der Waals surface area contributed by atoms with Crippen LogP contribution in [0.25, 0.3) is 5.69 Å². The molecule has 1 aromatic heterocycles. The van der Waals surface area contributed by atoms with Crippen LogP contribution in [0.4, 0.5) is 0 Å². The number of para-hydroxylation sites is 1. The fourth-order valence-corrected chi connectivity index (χ4v) is 2.62. The molecule has 0 saturated carbocycles. The molecule has 2 aromatic rings. The Morgan fingerprint density at radius 1 is 1.00 bits per heavy atom. The lowest BCUT2D eigenvalue weighted by Gasteiger charge is -2.13. The van der Waals surface area contributed by atoms with Crippen LogP contribution in [0.5, 0.6) is 0 Å². The van der Waals surface area contributed by atoms with E-state index in [-0.39, 0.29) is 0 Å². The number of aromatic nitrogens is 2. The SMILES string of the molecule is CCCCCCCCC(O)c1ccnn1-c1ccccc1. The second-order valence-electron chi connectivity index (χ2n) is 5.58.